The van der Waals surface area contributed by atoms with E-state index in [1.165, 1.54) is 0 Å². The Labute approximate surface area is 83.2 Å². The van der Waals surface area contributed by atoms with Crippen molar-refractivity contribution < 1.29 is 10.2 Å². The van der Waals surface area contributed by atoms with E-state index in [4.69, 9.17) is 5.26 Å². The molecule has 0 spiro atoms. The third-order valence-electron chi connectivity index (χ3n) is 2.18. The number of nitriles is 1. The van der Waals surface area contributed by atoms with Gasteiger partial charge in [0, 0.05) is 0 Å². The molecule has 0 saturated heterocycles. The van der Waals surface area contributed by atoms with Crippen LogP contribution in [0.2, 0.25) is 0 Å². The van der Waals surface area contributed by atoms with Crippen molar-refractivity contribution in [3.63, 3.8) is 0 Å². The van der Waals surface area contributed by atoms with Gasteiger partial charge < -0.3 is 10.2 Å². The summed E-state index contributed by atoms with van der Waals surface area (Å²) in [6.07, 6.45) is -2.49. The van der Waals surface area contributed by atoms with E-state index in [1.807, 2.05) is 26.0 Å². The molecule has 3 nitrogen and oxygen atoms in total. The van der Waals surface area contributed by atoms with Crippen LogP contribution >= 0.6 is 0 Å². The summed E-state index contributed by atoms with van der Waals surface area (Å²) in [5, 5.41) is 27.3. The Bertz CT molecular complexity index is 368. The SMILES string of the molecule is Cc1ccc(C)c(C(O)C(O)C#N)c1. The van der Waals surface area contributed by atoms with Crippen LogP contribution in [0, 0.1) is 25.2 Å². The Kier molecular flexibility index (Phi) is 3.23. The molecule has 0 saturated carbocycles. The second-order valence-corrected chi connectivity index (χ2v) is 3.38. The van der Waals surface area contributed by atoms with Gasteiger partial charge in [-0.3, -0.25) is 0 Å². The summed E-state index contributed by atoms with van der Waals surface area (Å²) < 4.78 is 0. The zero-order valence-corrected chi connectivity index (χ0v) is 8.23. The molecule has 0 fully saturated rings. The van der Waals surface area contributed by atoms with E-state index in [-0.39, 0.29) is 0 Å². The average molecular weight is 191 g/mol. The Morgan fingerprint density at radius 2 is 1.93 bits per heavy atom. The van der Waals surface area contributed by atoms with E-state index < -0.39 is 12.2 Å². The molecule has 74 valence electrons. The van der Waals surface area contributed by atoms with Crippen LogP contribution in [0.25, 0.3) is 0 Å². The highest BCUT2D eigenvalue weighted by Gasteiger charge is 2.19. The molecule has 1 aromatic carbocycles. The third-order valence-corrected chi connectivity index (χ3v) is 2.18. The fourth-order valence-electron chi connectivity index (χ4n) is 1.32. The number of aliphatic hydroxyl groups is 2. The molecule has 0 aliphatic rings. The minimum Gasteiger partial charge on any atom is -0.385 e. The summed E-state index contributed by atoms with van der Waals surface area (Å²) in [6, 6.07) is 7.17. The number of rotatable bonds is 2. The fourth-order valence-corrected chi connectivity index (χ4v) is 1.32. The van der Waals surface area contributed by atoms with Gasteiger partial charge in [0.05, 0.1) is 6.07 Å². The quantitative estimate of drug-likeness (QED) is 0.691. The molecule has 0 radical (unpaired) electrons. The smallest absolute Gasteiger partial charge is 0.170 e. The molecule has 3 heteroatoms. The predicted octanol–water partition coefficient (Wildman–Crippen LogP) is 1.22. The number of nitrogens with zero attached hydrogens (tertiary/aromatic N) is 1. The van der Waals surface area contributed by atoms with Crippen molar-refractivity contribution in [2.24, 2.45) is 0 Å². The van der Waals surface area contributed by atoms with Crippen molar-refractivity contribution in [1.82, 2.24) is 0 Å². The van der Waals surface area contributed by atoms with E-state index in [0.717, 1.165) is 11.1 Å². The minimum atomic E-state index is -1.37. The van der Waals surface area contributed by atoms with E-state index in [9.17, 15) is 10.2 Å². The first-order chi connectivity index (χ1) is 6.56. The Morgan fingerprint density at radius 1 is 1.29 bits per heavy atom. The summed E-state index contributed by atoms with van der Waals surface area (Å²) >= 11 is 0. The lowest BCUT2D eigenvalue weighted by molar-refractivity contribution is 0.0523. The van der Waals surface area contributed by atoms with Crippen molar-refractivity contribution in [2.75, 3.05) is 0 Å². The first-order valence-corrected chi connectivity index (χ1v) is 4.39. The molecule has 0 bridgehead atoms. The number of aliphatic hydroxyl groups excluding tert-OH is 2. The monoisotopic (exact) mass is 191 g/mol. The summed E-state index contributed by atoms with van der Waals surface area (Å²) in [4.78, 5) is 0. The molecular formula is C11H13NO2. The minimum absolute atomic E-state index is 0.610. The van der Waals surface area contributed by atoms with Crippen LogP contribution in [0.15, 0.2) is 18.2 Å². The first kappa shape index (κ1) is 10.7. The molecule has 14 heavy (non-hydrogen) atoms. The van der Waals surface area contributed by atoms with Gasteiger partial charge in [-0.05, 0) is 25.0 Å². The Balaban J connectivity index is 3.07. The highest BCUT2D eigenvalue weighted by Crippen LogP contribution is 2.21. The van der Waals surface area contributed by atoms with E-state index in [0.29, 0.717) is 5.56 Å². The molecule has 2 unspecified atom stereocenters. The molecule has 0 heterocycles. The van der Waals surface area contributed by atoms with Gasteiger partial charge in [-0.1, -0.05) is 23.8 Å². The summed E-state index contributed by atoms with van der Waals surface area (Å²) in [6.45, 7) is 3.73. The lowest BCUT2D eigenvalue weighted by Gasteiger charge is -2.15. The van der Waals surface area contributed by atoms with Crippen molar-refractivity contribution in [2.45, 2.75) is 26.1 Å². The number of aryl methyl sites for hydroxylation is 2. The summed E-state index contributed by atoms with van der Waals surface area (Å²) in [5.41, 5.74) is 2.48. The predicted molar refractivity (Wildman–Crippen MR) is 52.5 cm³/mol. The van der Waals surface area contributed by atoms with Crippen LogP contribution in [0.5, 0.6) is 0 Å². The van der Waals surface area contributed by atoms with Gasteiger partial charge in [0.15, 0.2) is 6.10 Å². The van der Waals surface area contributed by atoms with Crippen LogP contribution in [0.1, 0.15) is 22.8 Å². The van der Waals surface area contributed by atoms with Gasteiger partial charge in [-0.25, -0.2) is 0 Å². The standard InChI is InChI=1S/C11H13NO2/c1-7-3-4-8(2)9(5-7)11(14)10(13)6-12/h3-5,10-11,13-14H,1-2H3. The van der Waals surface area contributed by atoms with Gasteiger partial charge in [-0.2, -0.15) is 5.26 Å². The molecule has 0 amide bonds. The van der Waals surface area contributed by atoms with Crippen LogP contribution in [-0.2, 0) is 0 Å². The average Bonchev–Trinajstić information content (AvgIpc) is 2.19. The fraction of sp³-hybridized carbons (Fsp3) is 0.364. The molecule has 0 aromatic heterocycles. The molecule has 2 atom stereocenters. The molecule has 0 aliphatic carbocycles. The lowest BCUT2D eigenvalue weighted by Crippen LogP contribution is -2.16. The first-order valence-electron chi connectivity index (χ1n) is 4.39. The van der Waals surface area contributed by atoms with Gasteiger partial charge in [0.25, 0.3) is 0 Å². The molecule has 1 rings (SSSR count). The van der Waals surface area contributed by atoms with E-state index in [1.54, 1.807) is 12.1 Å². The summed E-state index contributed by atoms with van der Waals surface area (Å²) in [7, 11) is 0. The van der Waals surface area contributed by atoms with Crippen molar-refractivity contribution in [3.8, 4) is 6.07 Å². The van der Waals surface area contributed by atoms with Gasteiger partial charge in [0.2, 0.25) is 0 Å². The van der Waals surface area contributed by atoms with Crippen molar-refractivity contribution in [1.29, 1.82) is 5.26 Å². The van der Waals surface area contributed by atoms with Crippen molar-refractivity contribution in [3.05, 3.63) is 34.9 Å². The van der Waals surface area contributed by atoms with Crippen LogP contribution < -0.4 is 0 Å². The normalized spacial score (nSPS) is 14.5. The third kappa shape index (κ3) is 2.11. The number of hydrogen-bond acceptors (Lipinski definition) is 3. The highest BCUT2D eigenvalue weighted by molar-refractivity contribution is 5.33. The largest absolute Gasteiger partial charge is 0.385 e. The maximum absolute atomic E-state index is 9.62. The number of hydrogen-bond donors (Lipinski definition) is 2. The molecular weight excluding hydrogens is 178 g/mol. The van der Waals surface area contributed by atoms with Crippen molar-refractivity contribution >= 4 is 0 Å². The summed E-state index contributed by atoms with van der Waals surface area (Å²) in [5.74, 6) is 0. The van der Waals surface area contributed by atoms with Crippen LogP contribution in [0.3, 0.4) is 0 Å². The zero-order chi connectivity index (χ0) is 10.7. The van der Waals surface area contributed by atoms with Gasteiger partial charge in [-0.15, -0.1) is 0 Å². The van der Waals surface area contributed by atoms with Gasteiger partial charge in [0.1, 0.15) is 6.10 Å². The van der Waals surface area contributed by atoms with E-state index in [2.05, 4.69) is 0 Å². The Hall–Kier alpha value is -1.37. The maximum atomic E-state index is 9.62. The topological polar surface area (TPSA) is 64.2 Å². The zero-order valence-electron chi connectivity index (χ0n) is 8.23. The van der Waals surface area contributed by atoms with Crippen LogP contribution in [0.4, 0.5) is 0 Å². The van der Waals surface area contributed by atoms with E-state index >= 15 is 0 Å². The number of benzene rings is 1. The second kappa shape index (κ2) is 4.23. The molecule has 2 N–H and O–H groups in total. The Morgan fingerprint density at radius 3 is 2.50 bits per heavy atom. The molecule has 0 aliphatic heterocycles. The lowest BCUT2D eigenvalue weighted by atomic mass is 9.98. The van der Waals surface area contributed by atoms with Crippen LogP contribution in [-0.4, -0.2) is 16.3 Å². The van der Waals surface area contributed by atoms with Gasteiger partial charge >= 0.3 is 0 Å². The molecule has 1 aromatic rings. The second-order valence-electron chi connectivity index (χ2n) is 3.38. The maximum Gasteiger partial charge on any atom is 0.170 e. The highest BCUT2D eigenvalue weighted by atomic mass is 16.3.